The number of H-pyrrole nitrogens is 1. The van der Waals surface area contributed by atoms with Gasteiger partial charge in [0.2, 0.25) is 11.7 Å². The average Bonchev–Trinajstić information content (AvgIpc) is 2.96. The number of halogens is 2. The molecule has 0 saturated carbocycles. The summed E-state index contributed by atoms with van der Waals surface area (Å²) in [5.74, 6) is -2.36. The standard InChI is InChI=1S/C30H29F2N5O4/c1-16-14-25(38)35-36-28(16)21-10-11-23(27(32)26(21)31)41-13-5-4-6-18-15-22(34-37-30(18)39)19-9-12-24(40-3)29-20(19)8-7-17(2)33-29/h7-12,15-16H,4-6,13-14H2,1-3H3,(H,35,38)(H,37,39). The zero-order valence-electron chi connectivity index (χ0n) is 22.9. The Kier molecular flexibility index (Phi) is 8.04. The number of aromatic amines is 1. The van der Waals surface area contributed by atoms with Gasteiger partial charge in [0, 0.05) is 40.1 Å². The summed E-state index contributed by atoms with van der Waals surface area (Å²) in [6, 6.07) is 12.1. The van der Waals surface area contributed by atoms with Gasteiger partial charge in [0.15, 0.2) is 11.6 Å². The van der Waals surface area contributed by atoms with E-state index in [4.69, 9.17) is 9.47 Å². The molecule has 2 N–H and O–H groups in total. The predicted octanol–water partition coefficient (Wildman–Crippen LogP) is 4.84. The summed E-state index contributed by atoms with van der Waals surface area (Å²) >= 11 is 0. The summed E-state index contributed by atoms with van der Waals surface area (Å²) in [6.07, 6.45) is 1.67. The number of methoxy groups -OCH3 is 1. The second-order valence-electron chi connectivity index (χ2n) is 9.95. The van der Waals surface area contributed by atoms with Gasteiger partial charge >= 0.3 is 0 Å². The first-order valence-corrected chi connectivity index (χ1v) is 13.3. The van der Waals surface area contributed by atoms with E-state index in [2.05, 4.69) is 25.7 Å². The lowest BCUT2D eigenvalue weighted by Crippen LogP contribution is -2.32. The highest BCUT2D eigenvalue weighted by Gasteiger charge is 2.26. The van der Waals surface area contributed by atoms with Crippen molar-refractivity contribution in [2.45, 2.75) is 39.5 Å². The first-order chi connectivity index (χ1) is 19.8. The summed E-state index contributed by atoms with van der Waals surface area (Å²) in [6.45, 7) is 3.76. The summed E-state index contributed by atoms with van der Waals surface area (Å²) in [4.78, 5) is 28.5. The molecule has 1 amide bonds. The Hall–Kier alpha value is -4.67. The fourth-order valence-electron chi connectivity index (χ4n) is 4.87. The van der Waals surface area contributed by atoms with Crippen LogP contribution in [-0.2, 0) is 11.2 Å². The van der Waals surface area contributed by atoms with Gasteiger partial charge in [0.1, 0.15) is 11.3 Å². The highest BCUT2D eigenvalue weighted by Crippen LogP contribution is 2.33. The third-order valence-electron chi connectivity index (χ3n) is 7.02. The molecule has 2 aromatic carbocycles. The third kappa shape index (κ3) is 5.79. The molecule has 1 aliphatic rings. The molecule has 0 radical (unpaired) electrons. The number of nitrogens with one attached hydrogen (secondary N) is 2. The van der Waals surface area contributed by atoms with Crippen molar-refractivity contribution in [3.63, 3.8) is 0 Å². The Balaban J connectivity index is 1.24. The zero-order valence-corrected chi connectivity index (χ0v) is 22.9. The van der Waals surface area contributed by atoms with E-state index in [0.29, 0.717) is 41.8 Å². The molecule has 1 atom stereocenters. The summed E-state index contributed by atoms with van der Waals surface area (Å²) < 4.78 is 40.5. The van der Waals surface area contributed by atoms with Crippen LogP contribution in [0.15, 0.2) is 52.4 Å². The molecule has 0 fully saturated rings. The highest BCUT2D eigenvalue weighted by atomic mass is 19.2. The number of carbonyl (C=O) groups excluding carboxylic acids is 1. The van der Waals surface area contributed by atoms with E-state index in [0.717, 1.165) is 16.6 Å². The largest absolute Gasteiger partial charge is 0.494 e. The van der Waals surface area contributed by atoms with Gasteiger partial charge in [-0.2, -0.15) is 14.6 Å². The van der Waals surface area contributed by atoms with Crippen LogP contribution < -0.4 is 20.5 Å². The van der Waals surface area contributed by atoms with Crippen LogP contribution in [0, 0.1) is 24.5 Å². The van der Waals surface area contributed by atoms with E-state index in [-0.39, 0.29) is 47.4 Å². The molecule has 1 aliphatic heterocycles. The van der Waals surface area contributed by atoms with Gasteiger partial charge in [0.25, 0.3) is 5.56 Å². The number of carbonyl (C=O) groups is 1. The monoisotopic (exact) mass is 561 g/mol. The number of amides is 1. The average molecular weight is 562 g/mol. The SMILES string of the molecule is COc1ccc(-c2cc(CCCCOc3ccc(C4=NNC(=O)CC4C)c(F)c3F)c(=O)[nH]n2)c2ccc(C)nc12. The molecule has 2 aromatic heterocycles. The number of aryl methyl sites for hydroxylation is 2. The Bertz CT molecular complexity index is 1720. The third-order valence-corrected chi connectivity index (χ3v) is 7.02. The molecule has 212 valence electrons. The number of unbranched alkanes of at least 4 members (excludes halogenated alkanes) is 1. The van der Waals surface area contributed by atoms with E-state index in [1.165, 1.54) is 12.1 Å². The smallest absolute Gasteiger partial charge is 0.267 e. The number of benzene rings is 2. The molecule has 5 rings (SSSR count). The minimum absolute atomic E-state index is 0.00868. The van der Waals surface area contributed by atoms with E-state index >= 15 is 0 Å². The lowest BCUT2D eigenvalue weighted by molar-refractivity contribution is -0.121. The maximum Gasteiger partial charge on any atom is 0.267 e. The number of hydrogen-bond donors (Lipinski definition) is 2. The molecule has 1 unspecified atom stereocenters. The summed E-state index contributed by atoms with van der Waals surface area (Å²) in [7, 11) is 1.59. The molecular formula is C30H29F2N5O4. The van der Waals surface area contributed by atoms with Gasteiger partial charge in [-0.3, -0.25) is 9.59 Å². The fraction of sp³-hybridized carbons (Fsp3) is 0.300. The van der Waals surface area contributed by atoms with Crippen molar-refractivity contribution in [1.82, 2.24) is 20.6 Å². The molecule has 11 heteroatoms. The number of fused-ring (bicyclic) bond motifs is 1. The quantitative estimate of drug-likeness (QED) is 0.282. The van der Waals surface area contributed by atoms with Crippen LogP contribution in [0.4, 0.5) is 8.78 Å². The van der Waals surface area contributed by atoms with E-state index < -0.39 is 11.6 Å². The van der Waals surface area contributed by atoms with Crippen molar-refractivity contribution in [2.75, 3.05) is 13.7 Å². The van der Waals surface area contributed by atoms with Gasteiger partial charge in [-0.25, -0.2) is 19.9 Å². The van der Waals surface area contributed by atoms with E-state index in [1.54, 1.807) is 20.1 Å². The van der Waals surface area contributed by atoms with Gasteiger partial charge in [-0.05, 0) is 62.6 Å². The van der Waals surface area contributed by atoms with E-state index in [9.17, 15) is 18.4 Å². The molecule has 0 aliphatic carbocycles. The number of pyridine rings is 1. The van der Waals surface area contributed by atoms with Gasteiger partial charge in [-0.1, -0.05) is 13.0 Å². The Morgan fingerprint density at radius 2 is 1.78 bits per heavy atom. The Labute approximate surface area is 234 Å². The van der Waals surface area contributed by atoms with Crippen molar-refractivity contribution in [3.05, 3.63) is 81.3 Å². The minimum Gasteiger partial charge on any atom is -0.494 e. The lowest BCUT2D eigenvalue weighted by Gasteiger charge is -2.20. The van der Waals surface area contributed by atoms with Gasteiger partial charge in [-0.15, -0.1) is 0 Å². The van der Waals surface area contributed by atoms with Crippen LogP contribution in [0.3, 0.4) is 0 Å². The number of hydrazone groups is 1. The molecule has 0 saturated heterocycles. The van der Waals surface area contributed by atoms with E-state index in [1.807, 2.05) is 31.2 Å². The molecule has 0 spiro atoms. The van der Waals surface area contributed by atoms with Crippen LogP contribution in [-0.4, -0.2) is 40.5 Å². The minimum atomic E-state index is -1.11. The van der Waals surface area contributed by atoms with Crippen molar-refractivity contribution >= 4 is 22.5 Å². The lowest BCUT2D eigenvalue weighted by atomic mass is 9.93. The molecule has 9 nitrogen and oxygen atoms in total. The molecule has 41 heavy (non-hydrogen) atoms. The Morgan fingerprint density at radius 1 is 1.00 bits per heavy atom. The van der Waals surface area contributed by atoms with Crippen molar-refractivity contribution in [3.8, 4) is 22.8 Å². The number of ether oxygens (including phenoxy) is 2. The number of nitrogens with zero attached hydrogens (tertiary/aromatic N) is 3. The number of aromatic nitrogens is 3. The number of rotatable bonds is 9. The predicted molar refractivity (Wildman–Crippen MR) is 150 cm³/mol. The summed E-state index contributed by atoms with van der Waals surface area (Å²) in [5, 5.41) is 11.6. The summed E-state index contributed by atoms with van der Waals surface area (Å²) in [5.41, 5.74) is 5.82. The van der Waals surface area contributed by atoms with Crippen LogP contribution in [0.1, 0.15) is 43.0 Å². The molecule has 4 aromatic rings. The Morgan fingerprint density at radius 3 is 2.56 bits per heavy atom. The van der Waals surface area contributed by atoms with Crippen molar-refractivity contribution in [1.29, 1.82) is 0 Å². The fourth-order valence-corrected chi connectivity index (χ4v) is 4.87. The first-order valence-electron chi connectivity index (χ1n) is 13.3. The van der Waals surface area contributed by atoms with Crippen molar-refractivity contribution < 1.29 is 23.0 Å². The van der Waals surface area contributed by atoms with Gasteiger partial charge in [0.05, 0.1) is 25.1 Å². The molecule has 3 heterocycles. The second-order valence-corrected chi connectivity index (χ2v) is 9.95. The van der Waals surface area contributed by atoms with Crippen LogP contribution in [0.25, 0.3) is 22.2 Å². The second kappa shape index (κ2) is 11.8. The maximum absolute atomic E-state index is 14.8. The first kappa shape index (κ1) is 27.9. The van der Waals surface area contributed by atoms with Gasteiger partial charge < -0.3 is 9.47 Å². The maximum atomic E-state index is 14.8. The number of hydrogen-bond acceptors (Lipinski definition) is 7. The van der Waals surface area contributed by atoms with Crippen molar-refractivity contribution in [2.24, 2.45) is 11.0 Å². The molecular weight excluding hydrogens is 532 g/mol. The molecule has 0 bridgehead atoms. The van der Waals surface area contributed by atoms with Crippen LogP contribution >= 0.6 is 0 Å². The van der Waals surface area contributed by atoms with Crippen LogP contribution in [0.5, 0.6) is 11.5 Å². The zero-order chi connectivity index (χ0) is 29.1. The van der Waals surface area contributed by atoms with Crippen LogP contribution in [0.2, 0.25) is 0 Å². The topological polar surface area (TPSA) is 119 Å². The highest BCUT2D eigenvalue weighted by molar-refractivity contribution is 6.06. The normalized spacial score (nSPS) is 15.0.